The number of phenols is 9. The van der Waals surface area contributed by atoms with Gasteiger partial charge in [-0.2, -0.15) is 0 Å². The number of carbonyl (C=O) groups is 2. The molecule has 0 amide bonds. The van der Waals surface area contributed by atoms with Gasteiger partial charge in [-0.3, -0.25) is 9.59 Å². The highest BCUT2D eigenvalue weighted by molar-refractivity contribution is 7.15. The summed E-state index contributed by atoms with van der Waals surface area (Å²) in [7, 11) is 2.42. The second kappa shape index (κ2) is 10.6. The van der Waals surface area contributed by atoms with Crippen LogP contribution in [0.3, 0.4) is 0 Å². The third kappa shape index (κ3) is 4.44. The molecule has 3 aromatic carbocycles. The number of rotatable bonds is 3. The Hall–Kier alpha value is -5.09. The van der Waals surface area contributed by atoms with Gasteiger partial charge in [0.1, 0.15) is 17.2 Å². The molecule has 40 heavy (non-hydrogen) atoms. The number of aliphatic hydroxyl groups is 1. The van der Waals surface area contributed by atoms with Crippen molar-refractivity contribution in [2.24, 2.45) is 0 Å². The predicted molar refractivity (Wildman–Crippen MR) is 146 cm³/mol. The Bertz CT molecular complexity index is 1670. The van der Waals surface area contributed by atoms with E-state index in [1.165, 1.54) is 13.8 Å². The summed E-state index contributed by atoms with van der Waals surface area (Å²) in [5, 5.41) is 103. The maximum Gasteiger partial charge on any atom is 0.228 e. The van der Waals surface area contributed by atoms with Gasteiger partial charge in [0.2, 0.25) is 5.78 Å². The molecular weight excluding hydrogens is 547 g/mol. The van der Waals surface area contributed by atoms with Crippen molar-refractivity contribution in [2.75, 3.05) is 6.66 Å². The SMILES string of the molecule is CP.Cc1c(O)cc(C2=C(O)C(=O)C(c3cc(O)c(-c4cc(O)c(C)c(O)c4O)c(O)c3O)=CC2=O)c(O)c1O. The minimum Gasteiger partial charge on any atom is -0.508 e. The first kappa shape index (κ1) is 29.5. The molecule has 210 valence electrons. The van der Waals surface area contributed by atoms with Crippen LogP contribution in [0, 0.1) is 13.8 Å². The second-order valence-corrected chi connectivity index (χ2v) is 8.52. The molecule has 13 heteroatoms. The summed E-state index contributed by atoms with van der Waals surface area (Å²) in [4.78, 5) is 25.9. The van der Waals surface area contributed by atoms with E-state index in [2.05, 4.69) is 9.24 Å². The fourth-order valence-electron chi connectivity index (χ4n) is 4.06. The molecule has 1 unspecified atom stereocenters. The molecule has 0 radical (unpaired) electrons. The van der Waals surface area contributed by atoms with E-state index in [4.69, 9.17) is 0 Å². The number of aromatic hydroxyl groups is 9. The van der Waals surface area contributed by atoms with Crippen molar-refractivity contribution in [3.8, 4) is 62.9 Å². The van der Waals surface area contributed by atoms with Crippen molar-refractivity contribution in [1.82, 2.24) is 0 Å². The third-order valence-corrected chi connectivity index (χ3v) is 6.30. The zero-order valence-corrected chi connectivity index (χ0v) is 22.3. The molecule has 1 atom stereocenters. The van der Waals surface area contributed by atoms with E-state index in [1.807, 2.05) is 6.66 Å². The van der Waals surface area contributed by atoms with E-state index >= 15 is 0 Å². The number of hydrogen-bond acceptors (Lipinski definition) is 12. The molecule has 1 aliphatic carbocycles. The van der Waals surface area contributed by atoms with Gasteiger partial charge >= 0.3 is 0 Å². The van der Waals surface area contributed by atoms with Crippen molar-refractivity contribution < 1.29 is 60.7 Å². The molecule has 3 aromatic rings. The summed E-state index contributed by atoms with van der Waals surface area (Å²) >= 11 is 0. The summed E-state index contributed by atoms with van der Waals surface area (Å²) in [5.74, 6) is -11.1. The van der Waals surface area contributed by atoms with E-state index < -0.39 is 102 Å². The first-order chi connectivity index (χ1) is 18.7. The van der Waals surface area contributed by atoms with Crippen molar-refractivity contribution in [3.63, 3.8) is 0 Å². The number of phenolic OH excluding ortho intramolecular Hbond substituents is 9. The Balaban J connectivity index is 0.00000216. The zero-order chi connectivity index (χ0) is 30.4. The van der Waals surface area contributed by atoms with Crippen LogP contribution in [-0.4, -0.2) is 69.3 Å². The summed E-state index contributed by atoms with van der Waals surface area (Å²) in [6.07, 6.45) is 0.624. The quantitative estimate of drug-likeness (QED) is 0.0942. The molecule has 0 heterocycles. The van der Waals surface area contributed by atoms with Crippen LogP contribution in [0.5, 0.6) is 51.7 Å². The van der Waals surface area contributed by atoms with E-state index in [-0.39, 0.29) is 11.1 Å². The van der Waals surface area contributed by atoms with Crippen LogP contribution in [0.4, 0.5) is 0 Å². The molecule has 0 saturated heterocycles. The molecular formula is C27H25O12P. The Labute approximate surface area is 228 Å². The number of benzene rings is 3. The highest BCUT2D eigenvalue weighted by Crippen LogP contribution is 2.53. The summed E-state index contributed by atoms with van der Waals surface area (Å²) in [5.41, 5.74) is -4.01. The van der Waals surface area contributed by atoms with Crippen LogP contribution in [0.15, 0.2) is 30.0 Å². The average molecular weight is 572 g/mol. The number of aliphatic hydroxyl groups excluding tert-OH is 1. The molecule has 4 rings (SSSR count). The molecule has 1 aliphatic rings. The van der Waals surface area contributed by atoms with Crippen molar-refractivity contribution >= 4 is 32.0 Å². The molecule has 12 nitrogen and oxygen atoms in total. The minimum atomic E-state index is -1.30. The fourth-order valence-corrected chi connectivity index (χ4v) is 4.06. The molecule has 0 spiro atoms. The van der Waals surface area contributed by atoms with Crippen LogP contribution in [0.1, 0.15) is 22.3 Å². The van der Waals surface area contributed by atoms with E-state index in [1.54, 1.807) is 0 Å². The van der Waals surface area contributed by atoms with Crippen molar-refractivity contribution in [2.45, 2.75) is 13.8 Å². The summed E-state index contributed by atoms with van der Waals surface area (Å²) in [6, 6.07) is 2.48. The smallest absolute Gasteiger partial charge is 0.228 e. The molecule has 0 aliphatic heterocycles. The fraction of sp³-hybridized carbons (Fsp3) is 0.111. The Morgan fingerprint density at radius 1 is 0.550 bits per heavy atom. The Kier molecular flexibility index (Phi) is 7.80. The van der Waals surface area contributed by atoms with E-state index in [0.717, 1.165) is 18.2 Å². The average Bonchev–Trinajstić information content (AvgIpc) is 2.92. The van der Waals surface area contributed by atoms with Crippen LogP contribution in [-0.2, 0) is 9.59 Å². The van der Waals surface area contributed by atoms with Crippen LogP contribution < -0.4 is 0 Å². The van der Waals surface area contributed by atoms with E-state index in [9.17, 15) is 60.7 Å². The Morgan fingerprint density at radius 2 is 0.975 bits per heavy atom. The number of ketones is 2. The van der Waals surface area contributed by atoms with Crippen molar-refractivity contribution in [1.29, 1.82) is 0 Å². The van der Waals surface area contributed by atoms with Gasteiger partial charge in [-0.1, -0.05) is 6.66 Å². The highest BCUT2D eigenvalue weighted by Gasteiger charge is 2.35. The normalized spacial score (nSPS) is 13.2. The van der Waals surface area contributed by atoms with Gasteiger partial charge in [-0.15, -0.1) is 9.24 Å². The molecule has 10 N–H and O–H groups in total. The van der Waals surface area contributed by atoms with Gasteiger partial charge in [0.05, 0.1) is 11.1 Å². The Morgan fingerprint density at radius 3 is 1.50 bits per heavy atom. The minimum absolute atomic E-state index is 0.109. The number of Topliss-reactive ketones (excluding diaryl/α,β-unsaturated/α-hetero) is 1. The lowest BCUT2D eigenvalue weighted by Gasteiger charge is -2.20. The lowest BCUT2D eigenvalue weighted by molar-refractivity contribution is -0.115. The summed E-state index contributed by atoms with van der Waals surface area (Å²) in [6.45, 7) is 4.46. The third-order valence-electron chi connectivity index (χ3n) is 6.30. The van der Waals surface area contributed by atoms with Crippen LogP contribution in [0.2, 0.25) is 0 Å². The predicted octanol–water partition coefficient (Wildman–Crippen LogP) is 3.32. The van der Waals surface area contributed by atoms with Gasteiger partial charge in [0, 0.05) is 33.4 Å². The molecule has 0 bridgehead atoms. The second-order valence-electron chi connectivity index (χ2n) is 8.52. The number of hydrogen-bond donors (Lipinski definition) is 10. The highest BCUT2D eigenvalue weighted by atomic mass is 31.0. The molecule has 0 aromatic heterocycles. The molecule has 0 fully saturated rings. The maximum absolute atomic E-state index is 13.0. The standard InChI is InChI=1S/C26H20O12.CH5P/c1-7-13(27)5-11(23(35)19(7)31)17-15(29)3-9(21(33)25(17)37)10-4-16(30)18(26(38)22(10)34)12-6-14(28)8(2)20(32)24(12)36;1-2/h3-6,27-29,31-33,35-38H,1-2H3;2H2,1H3. The zero-order valence-electron chi connectivity index (χ0n) is 21.2. The largest absolute Gasteiger partial charge is 0.508 e. The first-order valence-electron chi connectivity index (χ1n) is 11.3. The van der Waals surface area contributed by atoms with Crippen LogP contribution >= 0.6 is 9.24 Å². The lowest BCUT2D eigenvalue weighted by Crippen LogP contribution is -2.18. The maximum atomic E-state index is 13.0. The first-order valence-corrected chi connectivity index (χ1v) is 12.4. The van der Waals surface area contributed by atoms with Gasteiger partial charge in [0.25, 0.3) is 0 Å². The summed E-state index contributed by atoms with van der Waals surface area (Å²) < 4.78 is 0. The number of carbonyl (C=O) groups excluding carboxylic acids is 2. The monoisotopic (exact) mass is 572 g/mol. The molecule has 0 saturated carbocycles. The van der Waals surface area contributed by atoms with E-state index in [0.29, 0.717) is 6.08 Å². The van der Waals surface area contributed by atoms with Gasteiger partial charge in [-0.25, -0.2) is 0 Å². The van der Waals surface area contributed by atoms with Gasteiger partial charge in [0.15, 0.2) is 46.0 Å². The van der Waals surface area contributed by atoms with Gasteiger partial charge < -0.3 is 51.1 Å². The number of allylic oxidation sites excluding steroid dienone is 3. The van der Waals surface area contributed by atoms with Crippen LogP contribution in [0.25, 0.3) is 22.3 Å². The lowest BCUT2D eigenvalue weighted by atomic mass is 9.85. The van der Waals surface area contributed by atoms with Crippen molar-refractivity contribution in [3.05, 3.63) is 52.3 Å². The van der Waals surface area contributed by atoms with Gasteiger partial charge in [-0.05, 0) is 38.1 Å². The topological polar surface area (TPSA) is 236 Å².